The van der Waals surface area contributed by atoms with E-state index in [1.807, 2.05) is 66.4 Å². The number of anilines is 2. The highest BCUT2D eigenvalue weighted by Crippen LogP contribution is 2.41. The Kier molecular flexibility index (Phi) is 7.78. The number of hydrogen-bond acceptors (Lipinski definition) is 6. The van der Waals surface area contributed by atoms with Gasteiger partial charge >= 0.3 is 0 Å². The normalized spacial score (nSPS) is 18.4. The number of carbonyl (C=O) groups excluding carboxylic acids is 2. The Morgan fingerprint density at radius 1 is 1.00 bits per heavy atom. The van der Waals surface area contributed by atoms with E-state index in [9.17, 15) is 18.0 Å². The van der Waals surface area contributed by atoms with Gasteiger partial charge < -0.3 is 15.0 Å². The first-order valence-electron chi connectivity index (χ1n) is 14.1. The van der Waals surface area contributed by atoms with E-state index < -0.39 is 10.0 Å². The van der Waals surface area contributed by atoms with E-state index >= 15 is 0 Å². The SMILES string of the molecule is COc1ccc(CCN2C(=O)c3cccc4c(NC(=O)C5CCC(NS(=O)(=O)c6ccc(C)s6)CC5)ccc2c34)cc1. The van der Waals surface area contributed by atoms with Crippen molar-refractivity contribution in [2.75, 3.05) is 23.9 Å². The van der Waals surface area contributed by atoms with E-state index in [4.69, 9.17) is 4.74 Å². The minimum atomic E-state index is -3.55. The lowest BCUT2D eigenvalue weighted by molar-refractivity contribution is -0.120. The molecule has 1 fully saturated rings. The molecule has 0 unspecified atom stereocenters. The number of thiophene rings is 1. The summed E-state index contributed by atoms with van der Waals surface area (Å²) in [5.74, 6) is 0.475. The van der Waals surface area contributed by atoms with Gasteiger partial charge in [-0.3, -0.25) is 9.59 Å². The molecule has 2 N–H and O–H groups in total. The Labute approximate surface area is 249 Å². The number of amides is 2. The van der Waals surface area contributed by atoms with E-state index in [-0.39, 0.29) is 23.8 Å². The molecule has 2 heterocycles. The number of nitrogens with one attached hydrogen (secondary N) is 2. The van der Waals surface area contributed by atoms with Gasteiger partial charge in [0, 0.05) is 45.4 Å². The van der Waals surface area contributed by atoms with Gasteiger partial charge in [-0.25, -0.2) is 13.1 Å². The highest BCUT2D eigenvalue weighted by atomic mass is 32.2. The van der Waals surface area contributed by atoms with Gasteiger partial charge in [-0.1, -0.05) is 24.3 Å². The van der Waals surface area contributed by atoms with Crippen molar-refractivity contribution in [1.82, 2.24) is 4.72 Å². The standard InChI is InChI=1S/C32H33N3O5S2/c1-20-6-17-29(41-20)42(38,39)34-23-11-9-22(10-12-23)31(36)33-27-15-16-28-30-25(27)4-3-5-26(30)32(37)35(28)19-18-21-7-13-24(40-2)14-8-21/h3-8,13-17,22-23,34H,9-12,18-19H2,1-2H3,(H,33,36). The van der Waals surface area contributed by atoms with Gasteiger partial charge in [0.05, 0.1) is 12.8 Å². The molecular formula is C32H33N3O5S2. The number of methoxy groups -OCH3 is 1. The van der Waals surface area contributed by atoms with Gasteiger partial charge in [0.2, 0.25) is 15.9 Å². The maximum absolute atomic E-state index is 13.4. The molecule has 2 amide bonds. The molecule has 1 aliphatic carbocycles. The molecular weight excluding hydrogens is 571 g/mol. The van der Waals surface area contributed by atoms with Crippen LogP contribution < -0.4 is 19.7 Å². The van der Waals surface area contributed by atoms with Crippen molar-refractivity contribution in [2.45, 2.75) is 49.3 Å². The maximum atomic E-state index is 13.4. The maximum Gasteiger partial charge on any atom is 0.259 e. The highest BCUT2D eigenvalue weighted by molar-refractivity contribution is 7.91. The molecule has 1 aromatic heterocycles. The topological polar surface area (TPSA) is 105 Å². The first kappa shape index (κ1) is 28.4. The Hall–Kier alpha value is -3.73. The fraction of sp³-hybridized carbons (Fsp3) is 0.312. The summed E-state index contributed by atoms with van der Waals surface area (Å²) < 4.78 is 33.8. The lowest BCUT2D eigenvalue weighted by Gasteiger charge is -2.28. The van der Waals surface area contributed by atoms with Crippen LogP contribution in [0.2, 0.25) is 0 Å². The van der Waals surface area contributed by atoms with Gasteiger partial charge in [-0.15, -0.1) is 11.3 Å². The predicted molar refractivity (Wildman–Crippen MR) is 166 cm³/mol. The average molecular weight is 604 g/mol. The smallest absolute Gasteiger partial charge is 0.259 e. The van der Waals surface area contributed by atoms with E-state index in [2.05, 4.69) is 10.0 Å². The number of ether oxygens (including phenoxy) is 1. The largest absolute Gasteiger partial charge is 0.497 e. The zero-order valence-electron chi connectivity index (χ0n) is 23.6. The van der Waals surface area contributed by atoms with Crippen LogP contribution in [0.25, 0.3) is 10.8 Å². The molecule has 0 bridgehead atoms. The number of benzene rings is 3. The summed E-state index contributed by atoms with van der Waals surface area (Å²) in [6.45, 7) is 2.42. The van der Waals surface area contributed by atoms with E-state index in [0.29, 0.717) is 54.1 Å². The lowest BCUT2D eigenvalue weighted by Crippen LogP contribution is -2.39. The van der Waals surface area contributed by atoms with E-state index in [1.165, 1.54) is 11.3 Å². The number of hydrogen-bond donors (Lipinski definition) is 2. The average Bonchev–Trinajstić information content (AvgIpc) is 3.56. The summed E-state index contributed by atoms with van der Waals surface area (Å²) in [6, 6.07) is 20.5. The molecule has 0 radical (unpaired) electrons. The Morgan fingerprint density at radius 2 is 1.76 bits per heavy atom. The third-order valence-electron chi connectivity index (χ3n) is 8.23. The monoisotopic (exact) mass is 603 g/mol. The number of sulfonamides is 1. The lowest BCUT2D eigenvalue weighted by atomic mass is 9.86. The summed E-state index contributed by atoms with van der Waals surface area (Å²) in [6.07, 6.45) is 3.10. The zero-order valence-corrected chi connectivity index (χ0v) is 25.2. The van der Waals surface area contributed by atoms with Crippen molar-refractivity contribution >= 4 is 55.3 Å². The van der Waals surface area contributed by atoms with Crippen LogP contribution in [0.4, 0.5) is 11.4 Å². The highest BCUT2D eigenvalue weighted by Gasteiger charge is 2.32. The Balaban J connectivity index is 1.12. The van der Waals surface area contributed by atoms with Gasteiger partial charge in [-0.05, 0) is 87.1 Å². The molecule has 1 saturated carbocycles. The molecule has 1 aliphatic heterocycles. The number of nitrogens with zero attached hydrogens (tertiary/aromatic N) is 1. The van der Waals surface area contributed by atoms with Crippen molar-refractivity contribution in [3.05, 3.63) is 82.7 Å². The van der Waals surface area contributed by atoms with Crippen molar-refractivity contribution < 1.29 is 22.7 Å². The zero-order chi connectivity index (χ0) is 29.4. The molecule has 2 aliphatic rings. The van der Waals surface area contributed by atoms with Crippen LogP contribution in [-0.2, 0) is 21.2 Å². The first-order chi connectivity index (χ1) is 20.2. The summed E-state index contributed by atoms with van der Waals surface area (Å²) in [7, 11) is -1.92. The molecule has 0 atom stereocenters. The summed E-state index contributed by atoms with van der Waals surface area (Å²) in [5, 5.41) is 4.81. The molecule has 4 aromatic rings. The summed E-state index contributed by atoms with van der Waals surface area (Å²) in [4.78, 5) is 29.4. The number of rotatable bonds is 9. The van der Waals surface area contributed by atoms with Crippen molar-refractivity contribution in [3.63, 3.8) is 0 Å². The third-order valence-corrected chi connectivity index (χ3v) is 11.2. The molecule has 8 nitrogen and oxygen atoms in total. The van der Waals surface area contributed by atoms with Gasteiger partial charge in [0.1, 0.15) is 9.96 Å². The quantitative estimate of drug-likeness (QED) is 0.248. The van der Waals surface area contributed by atoms with Gasteiger partial charge in [-0.2, -0.15) is 0 Å². The van der Waals surface area contributed by atoms with Gasteiger partial charge in [0.15, 0.2) is 0 Å². The van der Waals surface area contributed by atoms with Crippen molar-refractivity contribution in [2.24, 2.45) is 5.92 Å². The minimum absolute atomic E-state index is 0.0360. The molecule has 0 spiro atoms. The fourth-order valence-electron chi connectivity index (χ4n) is 5.95. The summed E-state index contributed by atoms with van der Waals surface area (Å²) in [5.41, 5.74) is 3.29. The second-order valence-electron chi connectivity index (χ2n) is 10.9. The fourth-order valence-corrected chi connectivity index (χ4v) is 8.56. The van der Waals surface area contributed by atoms with Crippen LogP contribution in [0, 0.1) is 12.8 Å². The molecule has 218 valence electrons. The predicted octanol–water partition coefficient (Wildman–Crippen LogP) is 5.90. The Bertz CT molecular complexity index is 1760. The van der Waals surface area contributed by atoms with Crippen LogP contribution in [0.1, 0.15) is 46.5 Å². The molecule has 10 heteroatoms. The first-order valence-corrected chi connectivity index (χ1v) is 16.4. The third kappa shape index (κ3) is 5.54. The molecule has 0 saturated heterocycles. The molecule has 42 heavy (non-hydrogen) atoms. The van der Waals surface area contributed by atoms with E-state index in [0.717, 1.165) is 32.6 Å². The summed E-state index contributed by atoms with van der Waals surface area (Å²) >= 11 is 1.26. The van der Waals surface area contributed by atoms with Crippen LogP contribution in [0.3, 0.4) is 0 Å². The van der Waals surface area contributed by atoms with Crippen LogP contribution >= 0.6 is 11.3 Å². The van der Waals surface area contributed by atoms with Crippen molar-refractivity contribution in [3.8, 4) is 5.75 Å². The van der Waals surface area contributed by atoms with Gasteiger partial charge in [0.25, 0.3) is 5.91 Å². The Morgan fingerprint density at radius 3 is 2.45 bits per heavy atom. The number of aryl methyl sites for hydroxylation is 1. The second kappa shape index (κ2) is 11.5. The molecule has 3 aromatic carbocycles. The number of carbonyl (C=O) groups is 2. The van der Waals surface area contributed by atoms with E-state index in [1.54, 1.807) is 19.2 Å². The van der Waals surface area contributed by atoms with Crippen LogP contribution in [0.15, 0.2) is 70.9 Å². The molecule has 6 rings (SSSR count). The van der Waals surface area contributed by atoms with Crippen molar-refractivity contribution in [1.29, 1.82) is 0 Å². The van der Waals surface area contributed by atoms with Crippen LogP contribution in [-0.4, -0.2) is 39.9 Å². The van der Waals surface area contributed by atoms with Crippen LogP contribution in [0.5, 0.6) is 5.75 Å². The minimum Gasteiger partial charge on any atom is -0.497 e. The second-order valence-corrected chi connectivity index (χ2v) is 14.2.